The van der Waals surface area contributed by atoms with E-state index in [9.17, 15) is 9.18 Å². The highest BCUT2D eigenvalue weighted by Gasteiger charge is 2.36. The standard InChI is InChI=1S/C26H22ClF.C10H7NO2/c1-26(2)15-18(23-14-19(27)9-12-24(23)28)13-17-8-10-21-20-6-4-3-5-16(20)7-11-22(21)25(17)26;12-10(13)8-3-4-9-7(6-8)2-1-5-11-9/h3-12,14,18H,13,15H2,1-2H3;1-6H,(H,12,13). The van der Waals surface area contributed by atoms with Gasteiger partial charge in [-0.2, -0.15) is 0 Å². The summed E-state index contributed by atoms with van der Waals surface area (Å²) in [6, 6.07) is 30.9. The summed E-state index contributed by atoms with van der Waals surface area (Å²) in [5.74, 6) is -0.926. The average Bonchev–Trinajstić information content (AvgIpc) is 2.97. The lowest BCUT2D eigenvalue weighted by Crippen LogP contribution is -2.29. The van der Waals surface area contributed by atoms with Gasteiger partial charge in [0.1, 0.15) is 5.82 Å². The second-order valence-corrected chi connectivity index (χ2v) is 11.8. The fourth-order valence-electron chi connectivity index (χ4n) is 6.41. The number of carbonyl (C=O) groups is 1. The lowest BCUT2D eigenvalue weighted by atomic mass is 9.65. The van der Waals surface area contributed by atoms with Crippen LogP contribution in [0, 0.1) is 5.82 Å². The van der Waals surface area contributed by atoms with Gasteiger partial charge in [0.25, 0.3) is 0 Å². The van der Waals surface area contributed by atoms with Crippen molar-refractivity contribution in [3.05, 3.63) is 136 Å². The number of aromatic carboxylic acids is 1. The van der Waals surface area contributed by atoms with Crippen molar-refractivity contribution in [1.29, 1.82) is 0 Å². The molecule has 0 saturated heterocycles. The van der Waals surface area contributed by atoms with E-state index >= 15 is 0 Å². The molecule has 41 heavy (non-hydrogen) atoms. The molecule has 1 aromatic heterocycles. The van der Waals surface area contributed by atoms with Gasteiger partial charge in [0.05, 0.1) is 11.1 Å². The van der Waals surface area contributed by atoms with Crippen molar-refractivity contribution >= 4 is 50.0 Å². The van der Waals surface area contributed by atoms with Gasteiger partial charge in [0, 0.05) is 16.6 Å². The van der Waals surface area contributed by atoms with Gasteiger partial charge in [-0.05, 0) is 105 Å². The third-order valence-corrected chi connectivity index (χ3v) is 8.40. The van der Waals surface area contributed by atoms with Crippen molar-refractivity contribution < 1.29 is 14.3 Å². The highest BCUT2D eigenvalue weighted by Crippen LogP contribution is 2.47. The summed E-state index contributed by atoms with van der Waals surface area (Å²) in [6.45, 7) is 4.57. The molecule has 0 fully saturated rings. The lowest BCUT2D eigenvalue weighted by Gasteiger charge is -2.39. The van der Waals surface area contributed by atoms with E-state index in [1.54, 1.807) is 42.6 Å². The number of pyridine rings is 1. The predicted octanol–water partition coefficient (Wildman–Crippen LogP) is 9.73. The minimum Gasteiger partial charge on any atom is -0.478 e. The quantitative estimate of drug-likeness (QED) is 0.214. The van der Waals surface area contributed by atoms with Crippen LogP contribution in [0.2, 0.25) is 5.02 Å². The zero-order chi connectivity index (χ0) is 28.7. The van der Waals surface area contributed by atoms with Gasteiger partial charge in [-0.1, -0.05) is 80.0 Å². The number of nitrogens with zero attached hydrogens (tertiary/aromatic N) is 1. The molecule has 0 aliphatic heterocycles. The van der Waals surface area contributed by atoms with E-state index in [1.165, 1.54) is 38.7 Å². The summed E-state index contributed by atoms with van der Waals surface area (Å²) < 4.78 is 14.6. The molecule has 1 aliphatic rings. The number of benzene rings is 5. The largest absolute Gasteiger partial charge is 0.478 e. The van der Waals surface area contributed by atoms with Crippen molar-refractivity contribution in [2.45, 2.75) is 38.0 Å². The van der Waals surface area contributed by atoms with Crippen LogP contribution in [-0.4, -0.2) is 16.1 Å². The van der Waals surface area contributed by atoms with E-state index in [2.05, 4.69) is 67.4 Å². The Kier molecular flexibility index (Phi) is 6.96. The molecular formula is C36H29ClFNO2. The van der Waals surface area contributed by atoms with Crippen LogP contribution in [0.4, 0.5) is 4.39 Å². The van der Waals surface area contributed by atoms with Crippen molar-refractivity contribution in [3.63, 3.8) is 0 Å². The Balaban J connectivity index is 0.000000195. The number of fused-ring (bicyclic) bond motifs is 6. The van der Waals surface area contributed by atoms with Gasteiger partial charge < -0.3 is 5.11 Å². The topological polar surface area (TPSA) is 50.2 Å². The maximum atomic E-state index is 14.6. The summed E-state index contributed by atoms with van der Waals surface area (Å²) in [6.07, 6.45) is 3.44. The van der Waals surface area contributed by atoms with Crippen LogP contribution >= 0.6 is 11.6 Å². The second-order valence-electron chi connectivity index (χ2n) is 11.4. The molecule has 1 unspecified atom stereocenters. The number of rotatable bonds is 2. The van der Waals surface area contributed by atoms with E-state index in [-0.39, 0.29) is 17.2 Å². The van der Waals surface area contributed by atoms with Crippen LogP contribution < -0.4 is 0 Å². The molecule has 6 aromatic rings. The van der Waals surface area contributed by atoms with Crippen LogP contribution in [0.1, 0.15) is 53.2 Å². The van der Waals surface area contributed by atoms with Crippen molar-refractivity contribution in [2.24, 2.45) is 0 Å². The summed E-state index contributed by atoms with van der Waals surface area (Å²) in [7, 11) is 0. The Bertz CT molecular complexity index is 1950. The first-order chi connectivity index (χ1) is 19.7. The minimum absolute atomic E-state index is 0.0467. The van der Waals surface area contributed by atoms with E-state index in [1.807, 2.05) is 6.07 Å². The Morgan fingerprint density at radius 3 is 2.49 bits per heavy atom. The average molecular weight is 562 g/mol. The molecule has 0 spiro atoms. The SMILES string of the molecule is CC1(C)CC(c2cc(Cl)ccc2F)Cc2ccc3c(ccc4ccccc43)c21.O=C(O)c1ccc2ncccc2c1. The molecular weight excluding hydrogens is 533 g/mol. The number of aromatic nitrogens is 1. The monoisotopic (exact) mass is 561 g/mol. The van der Waals surface area contributed by atoms with Gasteiger partial charge in [-0.25, -0.2) is 9.18 Å². The first kappa shape index (κ1) is 26.9. The molecule has 3 nitrogen and oxygen atoms in total. The van der Waals surface area contributed by atoms with E-state index in [0.29, 0.717) is 10.6 Å². The van der Waals surface area contributed by atoms with Crippen LogP contribution in [0.3, 0.4) is 0 Å². The number of carboxylic acids is 1. The Labute approximate surface area is 243 Å². The van der Waals surface area contributed by atoms with Crippen molar-refractivity contribution in [3.8, 4) is 0 Å². The molecule has 1 atom stereocenters. The maximum absolute atomic E-state index is 14.6. The van der Waals surface area contributed by atoms with E-state index in [0.717, 1.165) is 29.3 Å². The molecule has 0 saturated carbocycles. The van der Waals surface area contributed by atoms with Gasteiger partial charge in [0.15, 0.2) is 0 Å². The molecule has 1 N–H and O–H groups in total. The maximum Gasteiger partial charge on any atom is 0.335 e. The van der Waals surface area contributed by atoms with Gasteiger partial charge >= 0.3 is 5.97 Å². The summed E-state index contributed by atoms with van der Waals surface area (Å²) in [4.78, 5) is 14.7. The number of hydrogen-bond acceptors (Lipinski definition) is 2. The summed E-state index contributed by atoms with van der Waals surface area (Å²) >= 11 is 6.17. The number of halogens is 2. The van der Waals surface area contributed by atoms with E-state index in [4.69, 9.17) is 16.7 Å². The molecule has 0 amide bonds. The molecule has 0 radical (unpaired) electrons. The molecule has 1 aliphatic carbocycles. The fraction of sp³-hybridized carbons (Fsp3) is 0.167. The van der Waals surface area contributed by atoms with Gasteiger partial charge in [-0.15, -0.1) is 0 Å². The van der Waals surface area contributed by atoms with Crippen molar-refractivity contribution in [1.82, 2.24) is 4.98 Å². The Morgan fingerprint density at radius 1 is 0.878 bits per heavy atom. The first-order valence-electron chi connectivity index (χ1n) is 13.7. The minimum atomic E-state index is -0.911. The molecule has 5 heteroatoms. The molecule has 204 valence electrons. The lowest BCUT2D eigenvalue weighted by molar-refractivity contribution is 0.0697. The van der Waals surface area contributed by atoms with Crippen LogP contribution in [-0.2, 0) is 11.8 Å². The molecule has 5 aromatic carbocycles. The zero-order valence-electron chi connectivity index (χ0n) is 22.9. The molecule has 7 rings (SSSR count). The van der Waals surface area contributed by atoms with Crippen LogP contribution in [0.25, 0.3) is 32.4 Å². The van der Waals surface area contributed by atoms with Crippen molar-refractivity contribution in [2.75, 3.05) is 0 Å². The zero-order valence-corrected chi connectivity index (χ0v) is 23.6. The highest BCUT2D eigenvalue weighted by molar-refractivity contribution is 6.30. The number of hydrogen-bond donors (Lipinski definition) is 1. The van der Waals surface area contributed by atoms with Gasteiger partial charge in [-0.3, -0.25) is 4.98 Å². The molecule has 1 heterocycles. The van der Waals surface area contributed by atoms with Crippen LogP contribution in [0.5, 0.6) is 0 Å². The van der Waals surface area contributed by atoms with Gasteiger partial charge in [0.2, 0.25) is 0 Å². The summed E-state index contributed by atoms with van der Waals surface area (Å²) in [5.41, 5.74) is 4.53. The molecule has 0 bridgehead atoms. The number of carboxylic acid groups (broad SMARTS) is 1. The Morgan fingerprint density at radius 2 is 1.66 bits per heavy atom. The third kappa shape index (κ3) is 5.16. The first-order valence-corrected chi connectivity index (χ1v) is 14.1. The van der Waals surface area contributed by atoms with Crippen LogP contribution in [0.15, 0.2) is 103 Å². The normalized spacial score (nSPS) is 15.8. The second kappa shape index (κ2) is 10.6. The smallest absolute Gasteiger partial charge is 0.335 e. The third-order valence-electron chi connectivity index (χ3n) is 8.16. The summed E-state index contributed by atoms with van der Waals surface area (Å²) in [5, 5.41) is 15.4. The predicted molar refractivity (Wildman–Crippen MR) is 166 cm³/mol. The fourth-order valence-corrected chi connectivity index (χ4v) is 6.59. The Hall–Kier alpha value is -4.28. The highest BCUT2D eigenvalue weighted by atomic mass is 35.5. The van der Waals surface area contributed by atoms with E-state index < -0.39 is 5.97 Å².